The zero-order valence-corrected chi connectivity index (χ0v) is 8.94. The van der Waals surface area contributed by atoms with Crippen molar-refractivity contribution in [3.63, 3.8) is 0 Å². The maximum atomic E-state index is 12.6. The second-order valence-corrected chi connectivity index (χ2v) is 3.34. The van der Waals surface area contributed by atoms with Crippen molar-refractivity contribution in [1.82, 2.24) is 4.98 Å². The number of rotatable bonds is 3. The molecule has 0 bridgehead atoms. The van der Waals surface area contributed by atoms with Crippen molar-refractivity contribution in [1.29, 1.82) is 0 Å². The molecule has 0 saturated heterocycles. The van der Waals surface area contributed by atoms with Crippen LogP contribution in [0, 0.1) is 10.1 Å². The number of nitro groups is 1. The molecule has 0 aliphatic rings. The molecule has 0 aliphatic carbocycles. The van der Waals surface area contributed by atoms with Crippen LogP contribution in [0.3, 0.4) is 0 Å². The van der Waals surface area contributed by atoms with E-state index in [2.05, 4.69) is 20.9 Å². The molecule has 0 fully saturated rings. The summed E-state index contributed by atoms with van der Waals surface area (Å²) in [7, 11) is 0. The Hall–Kier alpha value is -1.64. The molecule has 1 N–H and O–H groups in total. The second-order valence-electron chi connectivity index (χ2n) is 2.59. The second kappa shape index (κ2) is 4.47. The number of carboxylic acids is 1. The van der Waals surface area contributed by atoms with Gasteiger partial charge in [-0.2, -0.15) is 0 Å². The standard InChI is InChI=1S/C7H3BrF2N2O4/c8-5-4(7(13)14)3(6(9)10)2(1-11-5)12(15)16/h1,6H,(H,13,14). The Balaban J connectivity index is 3.63. The van der Waals surface area contributed by atoms with Gasteiger partial charge < -0.3 is 5.11 Å². The Labute approximate surface area is 95.2 Å². The van der Waals surface area contributed by atoms with Crippen molar-refractivity contribution in [2.24, 2.45) is 0 Å². The average Bonchev–Trinajstić information content (AvgIpc) is 2.15. The van der Waals surface area contributed by atoms with E-state index in [9.17, 15) is 23.7 Å². The van der Waals surface area contributed by atoms with E-state index in [0.717, 1.165) is 0 Å². The van der Waals surface area contributed by atoms with Gasteiger partial charge in [0, 0.05) is 0 Å². The highest BCUT2D eigenvalue weighted by atomic mass is 79.9. The van der Waals surface area contributed by atoms with Gasteiger partial charge in [-0.1, -0.05) is 0 Å². The minimum absolute atomic E-state index is 0.374. The van der Waals surface area contributed by atoms with Gasteiger partial charge in [-0.15, -0.1) is 0 Å². The maximum absolute atomic E-state index is 12.6. The van der Waals surface area contributed by atoms with Gasteiger partial charge in [0.2, 0.25) is 0 Å². The molecule has 9 heteroatoms. The van der Waals surface area contributed by atoms with E-state index < -0.39 is 34.1 Å². The highest BCUT2D eigenvalue weighted by Crippen LogP contribution is 2.34. The highest BCUT2D eigenvalue weighted by molar-refractivity contribution is 9.10. The van der Waals surface area contributed by atoms with Crippen LogP contribution in [-0.4, -0.2) is 21.0 Å². The summed E-state index contributed by atoms with van der Waals surface area (Å²) in [5.74, 6) is -1.71. The lowest BCUT2D eigenvalue weighted by Gasteiger charge is -2.06. The van der Waals surface area contributed by atoms with Crippen LogP contribution in [-0.2, 0) is 0 Å². The quantitative estimate of drug-likeness (QED) is 0.525. The first-order chi connectivity index (χ1) is 7.36. The van der Waals surface area contributed by atoms with E-state index in [-0.39, 0.29) is 4.60 Å². The van der Waals surface area contributed by atoms with Gasteiger partial charge >= 0.3 is 5.97 Å². The maximum Gasteiger partial charge on any atom is 0.339 e. The van der Waals surface area contributed by atoms with Gasteiger partial charge in [-0.25, -0.2) is 18.6 Å². The van der Waals surface area contributed by atoms with E-state index >= 15 is 0 Å². The van der Waals surface area contributed by atoms with Crippen LogP contribution in [0.1, 0.15) is 22.3 Å². The summed E-state index contributed by atoms with van der Waals surface area (Å²) in [4.78, 5) is 23.4. The average molecular weight is 297 g/mol. The first kappa shape index (κ1) is 12.4. The van der Waals surface area contributed by atoms with Gasteiger partial charge in [0.25, 0.3) is 12.1 Å². The molecule has 0 unspecified atom stereocenters. The molecular formula is C7H3BrF2N2O4. The van der Waals surface area contributed by atoms with E-state index in [1.165, 1.54) is 0 Å². The third kappa shape index (κ3) is 2.13. The summed E-state index contributed by atoms with van der Waals surface area (Å²) in [5.41, 5.74) is -3.07. The van der Waals surface area contributed by atoms with Crippen molar-refractivity contribution in [3.8, 4) is 0 Å². The molecule has 1 aromatic heterocycles. The molecule has 0 amide bonds. The smallest absolute Gasteiger partial charge is 0.339 e. The Morgan fingerprint density at radius 2 is 2.19 bits per heavy atom. The molecule has 16 heavy (non-hydrogen) atoms. The summed E-state index contributed by atoms with van der Waals surface area (Å²) < 4.78 is 24.8. The number of pyridine rings is 1. The van der Waals surface area contributed by atoms with Crippen molar-refractivity contribution in [2.45, 2.75) is 6.43 Å². The summed E-state index contributed by atoms with van der Waals surface area (Å²) in [5, 5.41) is 19.1. The Bertz CT molecular complexity index is 466. The van der Waals surface area contributed by atoms with Gasteiger partial charge in [0.15, 0.2) is 0 Å². The number of alkyl halides is 2. The topological polar surface area (TPSA) is 93.3 Å². The lowest BCUT2D eigenvalue weighted by Crippen LogP contribution is -2.09. The van der Waals surface area contributed by atoms with E-state index in [0.29, 0.717) is 6.20 Å². The van der Waals surface area contributed by atoms with E-state index in [1.54, 1.807) is 0 Å². The number of aromatic nitrogens is 1. The Morgan fingerprint density at radius 1 is 1.62 bits per heavy atom. The molecule has 1 rings (SSSR count). The number of nitrogens with zero attached hydrogens (tertiary/aromatic N) is 2. The van der Waals surface area contributed by atoms with Gasteiger partial charge in [-0.05, 0) is 15.9 Å². The fourth-order valence-electron chi connectivity index (χ4n) is 1.06. The summed E-state index contributed by atoms with van der Waals surface area (Å²) in [6.45, 7) is 0. The molecule has 6 nitrogen and oxygen atoms in total. The lowest BCUT2D eigenvalue weighted by atomic mass is 10.1. The third-order valence-electron chi connectivity index (χ3n) is 1.68. The highest BCUT2D eigenvalue weighted by Gasteiger charge is 2.31. The SMILES string of the molecule is O=C(O)c1c(Br)ncc([N+](=O)[O-])c1C(F)F. The molecule has 1 aromatic rings. The zero-order valence-electron chi connectivity index (χ0n) is 7.35. The van der Waals surface area contributed by atoms with Crippen LogP contribution in [0.4, 0.5) is 14.5 Å². The molecule has 1 heterocycles. The Kier molecular flexibility index (Phi) is 3.48. The van der Waals surface area contributed by atoms with Crippen LogP contribution < -0.4 is 0 Å². The minimum Gasteiger partial charge on any atom is -0.478 e. The van der Waals surface area contributed by atoms with Crippen molar-refractivity contribution < 1.29 is 23.6 Å². The van der Waals surface area contributed by atoms with Gasteiger partial charge in [0.05, 0.1) is 4.92 Å². The molecule has 0 radical (unpaired) electrons. The van der Waals surface area contributed by atoms with Gasteiger partial charge in [0.1, 0.15) is 21.9 Å². The number of carbonyl (C=O) groups is 1. The number of carboxylic acid groups (broad SMARTS) is 1. The molecular weight excluding hydrogens is 294 g/mol. The molecule has 0 saturated carbocycles. The van der Waals surface area contributed by atoms with E-state index in [4.69, 9.17) is 5.11 Å². The number of aromatic carboxylic acids is 1. The molecule has 0 aliphatic heterocycles. The lowest BCUT2D eigenvalue weighted by molar-refractivity contribution is -0.386. The van der Waals surface area contributed by atoms with Crippen molar-refractivity contribution in [3.05, 3.63) is 32.0 Å². The molecule has 0 aromatic carbocycles. The van der Waals surface area contributed by atoms with Crippen molar-refractivity contribution >= 4 is 27.6 Å². The molecule has 0 atom stereocenters. The predicted octanol–water partition coefficient (Wildman–Crippen LogP) is 2.39. The van der Waals surface area contributed by atoms with Crippen LogP contribution in [0.2, 0.25) is 0 Å². The summed E-state index contributed by atoms with van der Waals surface area (Å²) >= 11 is 2.65. The predicted molar refractivity (Wildman–Crippen MR) is 50.5 cm³/mol. The summed E-state index contributed by atoms with van der Waals surface area (Å²) in [6, 6.07) is 0. The van der Waals surface area contributed by atoms with E-state index in [1.807, 2.05) is 0 Å². The number of hydrogen-bond donors (Lipinski definition) is 1. The van der Waals surface area contributed by atoms with Crippen LogP contribution in [0.15, 0.2) is 10.8 Å². The normalized spacial score (nSPS) is 10.5. The zero-order chi connectivity index (χ0) is 12.5. The Morgan fingerprint density at radius 3 is 2.56 bits per heavy atom. The fraction of sp³-hybridized carbons (Fsp3) is 0.143. The monoisotopic (exact) mass is 296 g/mol. The van der Waals surface area contributed by atoms with Gasteiger partial charge in [-0.3, -0.25) is 10.1 Å². The van der Waals surface area contributed by atoms with Crippen LogP contribution in [0.5, 0.6) is 0 Å². The number of halogens is 3. The fourth-order valence-corrected chi connectivity index (χ4v) is 1.55. The molecule has 86 valence electrons. The van der Waals surface area contributed by atoms with Crippen LogP contribution >= 0.6 is 15.9 Å². The van der Waals surface area contributed by atoms with Crippen LogP contribution in [0.25, 0.3) is 0 Å². The minimum atomic E-state index is -3.27. The summed E-state index contributed by atoms with van der Waals surface area (Å²) in [6.07, 6.45) is -2.69. The largest absolute Gasteiger partial charge is 0.478 e. The van der Waals surface area contributed by atoms with Crippen molar-refractivity contribution in [2.75, 3.05) is 0 Å². The first-order valence-electron chi connectivity index (χ1n) is 3.70. The third-order valence-corrected chi connectivity index (χ3v) is 2.28. The first-order valence-corrected chi connectivity index (χ1v) is 4.49. The number of hydrogen-bond acceptors (Lipinski definition) is 4. The molecule has 0 spiro atoms.